The van der Waals surface area contributed by atoms with Gasteiger partial charge in [0, 0.05) is 29.6 Å². The molecule has 1 aromatic heterocycles. The van der Waals surface area contributed by atoms with Crippen molar-refractivity contribution in [3.63, 3.8) is 0 Å². The van der Waals surface area contributed by atoms with Gasteiger partial charge in [-0.05, 0) is 73.7 Å². The lowest BCUT2D eigenvalue weighted by Crippen LogP contribution is -2.52. The zero-order valence-corrected chi connectivity index (χ0v) is 21.5. The number of fused-ring (bicyclic) bond motifs is 7. The molecule has 3 fully saturated rings. The largest absolute Gasteiger partial charge is 0.299 e. The summed E-state index contributed by atoms with van der Waals surface area (Å²) >= 11 is 1.77. The summed E-state index contributed by atoms with van der Waals surface area (Å²) in [7, 11) is 0. The number of aryl methyl sites for hydroxylation is 1. The van der Waals surface area contributed by atoms with E-state index < -0.39 is 0 Å². The Balaban J connectivity index is 1.30. The Morgan fingerprint density at radius 3 is 2.62 bits per heavy atom. The van der Waals surface area contributed by atoms with Gasteiger partial charge in [0.2, 0.25) is 5.91 Å². The number of carbonyl (C=O) groups excluding carboxylic acids is 2. The fourth-order valence-electron chi connectivity index (χ4n) is 8.40. The van der Waals surface area contributed by atoms with Gasteiger partial charge in [-0.1, -0.05) is 44.2 Å². The summed E-state index contributed by atoms with van der Waals surface area (Å²) < 4.78 is 0. The molecular formula is C29H36N2O2S. The van der Waals surface area contributed by atoms with E-state index in [0.717, 1.165) is 36.4 Å². The topological polar surface area (TPSA) is 50.3 Å². The van der Waals surface area contributed by atoms with E-state index in [0.29, 0.717) is 36.0 Å². The maximum absolute atomic E-state index is 12.7. The number of Topliss-reactive ketones (excluding diaryl/α,β-unsaturated/α-hetero) is 1. The van der Waals surface area contributed by atoms with Gasteiger partial charge in [0.25, 0.3) is 0 Å². The van der Waals surface area contributed by atoms with E-state index in [9.17, 15) is 9.59 Å². The van der Waals surface area contributed by atoms with Crippen LogP contribution >= 0.6 is 11.3 Å². The molecule has 0 radical (unpaired) electrons. The number of thiazole rings is 1. The lowest BCUT2D eigenvalue weighted by Gasteiger charge is -2.59. The molecule has 4 aliphatic carbocycles. The Bertz CT molecular complexity index is 1130. The zero-order chi connectivity index (χ0) is 23.7. The summed E-state index contributed by atoms with van der Waals surface area (Å²) in [5, 5.41) is 0.866. The molecule has 0 N–H and O–H groups in total. The van der Waals surface area contributed by atoms with Gasteiger partial charge in [-0.25, -0.2) is 4.98 Å². The summed E-state index contributed by atoms with van der Waals surface area (Å²) in [5.41, 5.74) is 2.60. The molecule has 1 aromatic carbocycles. The first-order chi connectivity index (χ1) is 16.3. The summed E-state index contributed by atoms with van der Waals surface area (Å²) in [6.45, 7) is 7.04. The van der Waals surface area contributed by atoms with Gasteiger partial charge in [-0.15, -0.1) is 11.3 Å². The molecule has 6 rings (SSSR count). The van der Waals surface area contributed by atoms with E-state index in [1.807, 2.05) is 23.1 Å². The second-order valence-corrected chi connectivity index (χ2v) is 12.8. The van der Waals surface area contributed by atoms with Crippen LogP contribution < -0.4 is 4.90 Å². The molecule has 0 aliphatic heterocycles. The summed E-state index contributed by atoms with van der Waals surface area (Å²) in [5.74, 6) is 3.13. The number of anilines is 1. The molecular weight excluding hydrogens is 440 g/mol. The van der Waals surface area contributed by atoms with Crippen LogP contribution in [0.15, 0.2) is 30.3 Å². The minimum absolute atomic E-state index is 0.0543. The minimum Gasteiger partial charge on any atom is -0.299 e. The molecule has 0 saturated heterocycles. The number of carbonyl (C=O) groups is 2. The highest BCUT2D eigenvalue weighted by Crippen LogP contribution is 2.67. The monoisotopic (exact) mass is 476 g/mol. The molecule has 0 bridgehead atoms. The first kappa shape index (κ1) is 22.5. The van der Waals surface area contributed by atoms with Crippen molar-refractivity contribution in [3.05, 3.63) is 46.5 Å². The summed E-state index contributed by atoms with van der Waals surface area (Å²) in [4.78, 5) is 33.7. The lowest BCUT2D eigenvalue weighted by molar-refractivity contribution is -0.134. The van der Waals surface area contributed by atoms with Crippen molar-refractivity contribution in [1.29, 1.82) is 0 Å². The highest BCUT2D eigenvalue weighted by atomic mass is 32.1. The predicted octanol–water partition coefficient (Wildman–Crippen LogP) is 6.54. The zero-order valence-electron chi connectivity index (χ0n) is 20.7. The maximum Gasteiger partial charge on any atom is 0.225 e. The Morgan fingerprint density at radius 2 is 1.85 bits per heavy atom. The number of hydrogen-bond donors (Lipinski definition) is 0. The van der Waals surface area contributed by atoms with Crippen molar-refractivity contribution < 1.29 is 9.59 Å². The second kappa shape index (κ2) is 8.01. The fraction of sp³-hybridized carbons (Fsp3) is 0.621. The van der Waals surface area contributed by atoms with Crippen LogP contribution in [0.25, 0.3) is 0 Å². The number of ketones is 1. The van der Waals surface area contributed by atoms with Crippen molar-refractivity contribution in [2.75, 3.05) is 4.90 Å². The standard InChI is InChI=1S/C29H36N2O2S/c1-18(32)31(17-19-7-5-4-6-8-19)27-30-24-14-16-28(2)22-13-15-29(3)21(11-12-25(29)33)20(22)9-10-23(28)26(24)34-27/h4-8,20-23H,9-17H2,1-3H3/t20-,21-,22-,23?,28+,29-/m0/s1. The highest BCUT2D eigenvalue weighted by molar-refractivity contribution is 7.16. The number of aromatic nitrogens is 1. The normalized spacial score (nSPS) is 36.3. The average Bonchev–Trinajstić information content (AvgIpc) is 3.38. The van der Waals surface area contributed by atoms with Gasteiger partial charge in [0.15, 0.2) is 5.13 Å². The molecule has 5 heteroatoms. The summed E-state index contributed by atoms with van der Waals surface area (Å²) in [6.07, 6.45) is 8.83. The van der Waals surface area contributed by atoms with Gasteiger partial charge in [0.1, 0.15) is 5.78 Å². The van der Waals surface area contributed by atoms with Gasteiger partial charge in [0.05, 0.1) is 12.2 Å². The van der Waals surface area contributed by atoms with E-state index >= 15 is 0 Å². The van der Waals surface area contributed by atoms with Crippen LogP contribution in [0.4, 0.5) is 5.13 Å². The number of amides is 1. The van der Waals surface area contributed by atoms with Gasteiger partial charge < -0.3 is 0 Å². The van der Waals surface area contributed by atoms with Crippen LogP contribution in [-0.2, 0) is 22.6 Å². The quantitative estimate of drug-likeness (QED) is 0.505. The first-order valence-corrected chi connectivity index (χ1v) is 14.0. The molecule has 4 aliphatic rings. The molecule has 6 atom stereocenters. The fourth-order valence-corrected chi connectivity index (χ4v) is 9.85. The van der Waals surface area contributed by atoms with Gasteiger partial charge in [-0.3, -0.25) is 14.5 Å². The molecule has 4 nitrogen and oxygen atoms in total. The molecule has 0 spiro atoms. The van der Waals surface area contributed by atoms with E-state index in [1.54, 1.807) is 18.3 Å². The van der Waals surface area contributed by atoms with E-state index in [4.69, 9.17) is 4.98 Å². The van der Waals surface area contributed by atoms with Gasteiger partial charge in [-0.2, -0.15) is 0 Å². The molecule has 34 heavy (non-hydrogen) atoms. The maximum atomic E-state index is 12.7. The van der Waals surface area contributed by atoms with E-state index in [-0.39, 0.29) is 16.7 Å². The Morgan fingerprint density at radius 1 is 1.06 bits per heavy atom. The van der Waals surface area contributed by atoms with Crippen molar-refractivity contribution in [3.8, 4) is 0 Å². The molecule has 2 aromatic rings. The van der Waals surface area contributed by atoms with Crippen molar-refractivity contribution in [2.24, 2.45) is 28.6 Å². The van der Waals surface area contributed by atoms with Gasteiger partial charge >= 0.3 is 0 Å². The Kier molecular flexibility index (Phi) is 5.29. The first-order valence-electron chi connectivity index (χ1n) is 13.2. The number of benzene rings is 1. The lowest BCUT2D eigenvalue weighted by atomic mass is 9.46. The minimum atomic E-state index is -0.0543. The summed E-state index contributed by atoms with van der Waals surface area (Å²) in [6, 6.07) is 10.2. The van der Waals surface area contributed by atoms with Crippen LogP contribution in [0.1, 0.15) is 87.8 Å². The van der Waals surface area contributed by atoms with Crippen LogP contribution in [-0.4, -0.2) is 16.7 Å². The van der Waals surface area contributed by atoms with Crippen LogP contribution in [0.5, 0.6) is 0 Å². The second-order valence-electron chi connectivity index (χ2n) is 11.8. The third kappa shape index (κ3) is 3.26. The van der Waals surface area contributed by atoms with Crippen molar-refractivity contribution in [2.45, 2.75) is 84.6 Å². The molecule has 180 valence electrons. The predicted molar refractivity (Wildman–Crippen MR) is 136 cm³/mol. The average molecular weight is 477 g/mol. The van der Waals surface area contributed by atoms with Crippen LogP contribution in [0.2, 0.25) is 0 Å². The van der Waals surface area contributed by atoms with Crippen molar-refractivity contribution in [1.82, 2.24) is 4.98 Å². The third-order valence-corrected chi connectivity index (χ3v) is 11.5. The molecule has 1 amide bonds. The molecule has 1 unspecified atom stereocenters. The Labute approximate surface area is 207 Å². The number of hydrogen-bond acceptors (Lipinski definition) is 4. The number of nitrogens with zero attached hydrogens (tertiary/aromatic N) is 2. The van der Waals surface area contributed by atoms with E-state index in [1.165, 1.54) is 36.3 Å². The van der Waals surface area contributed by atoms with Crippen molar-refractivity contribution >= 4 is 28.2 Å². The molecule has 3 saturated carbocycles. The third-order valence-electron chi connectivity index (χ3n) is 10.3. The smallest absolute Gasteiger partial charge is 0.225 e. The Hall–Kier alpha value is -2.01. The van der Waals surface area contributed by atoms with E-state index in [2.05, 4.69) is 26.0 Å². The highest BCUT2D eigenvalue weighted by Gasteiger charge is 2.60. The molecule has 1 heterocycles. The SMILES string of the molecule is CC(=O)N(Cc1ccccc1)c1nc2c(s1)C1CC[C@@H]3[C@H](CC[C@]4(C)C(=O)CC[C@@H]34)[C@@]1(C)CC2. The number of rotatable bonds is 3. The van der Waals surface area contributed by atoms with Crippen LogP contribution in [0.3, 0.4) is 0 Å². The van der Waals surface area contributed by atoms with Crippen LogP contribution in [0, 0.1) is 28.6 Å².